The van der Waals surface area contributed by atoms with Gasteiger partial charge in [0, 0.05) is 5.69 Å². The molecule has 0 atom stereocenters. The summed E-state index contributed by atoms with van der Waals surface area (Å²) >= 11 is 0. The van der Waals surface area contributed by atoms with Crippen LogP contribution >= 0.6 is 0 Å². The van der Waals surface area contributed by atoms with Crippen LogP contribution in [0.25, 0.3) is 0 Å². The molecule has 0 saturated carbocycles. The molecule has 0 aromatic heterocycles. The Labute approximate surface area is 94.6 Å². The minimum absolute atomic E-state index is 0.545. The highest BCUT2D eigenvalue weighted by Crippen LogP contribution is 2.08. The quantitative estimate of drug-likeness (QED) is 0.271. The standard InChI is InChI=1S/C8H12N2.C2H6N2O2/c1-2-7-4-3-5-8(6-7)10-9;3-4-2(6)1-5/h3-6,10H,2,9H2,1H3;5H,1,3H2,(H,4,6). The molecule has 0 saturated heterocycles. The van der Waals surface area contributed by atoms with Gasteiger partial charge in [0.25, 0.3) is 5.91 Å². The topological polar surface area (TPSA) is 113 Å². The highest BCUT2D eigenvalue weighted by Gasteiger charge is 1.89. The number of benzene rings is 1. The van der Waals surface area contributed by atoms with Gasteiger partial charge in [-0.2, -0.15) is 0 Å². The third-order valence-corrected chi connectivity index (χ3v) is 1.81. The van der Waals surface area contributed by atoms with Crippen molar-refractivity contribution in [1.29, 1.82) is 0 Å². The van der Waals surface area contributed by atoms with Crippen LogP contribution in [-0.4, -0.2) is 17.6 Å². The van der Waals surface area contributed by atoms with Crippen molar-refractivity contribution in [3.63, 3.8) is 0 Å². The Kier molecular flexibility index (Phi) is 7.78. The van der Waals surface area contributed by atoms with Crippen LogP contribution in [0, 0.1) is 0 Å². The summed E-state index contributed by atoms with van der Waals surface area (Å²) in [5.41, 5.74) is 6.60. The van der Waals surface area contributed by atoms with E-state index < -0.39 is 12.5 Å². The van der Waals surface area contributed by atoms with Crippen molar-refractivity contribution in [2.75, 3.05) is 12.0 Å². The molecule has 1 amide bonds. The van der Waals surface area contributed by atoms with Gasteiger partial charge in [0.15, 0.2) is 0 Å². The van der Waals surface area contributed by atoms with Crippen LogP contribution in [0.1, 0.15) is 12.5 Å². The van der Waals surface area contributed by atoms with Crippen LogP contribution < -0.4 is 22.5 Å². The largest absolute Gasteiger partial charge is 0.386 e. The predicted molar refractivity (Wildman–Crippen MR) is 63.0 cm³/mol. The van der Waals surface area contributed by atoms with Crippen LogP contribution in [0.15, 0.2) is 24.3 Å². The third kappa shape index (κ3) is 5.97. The molecule has 0 aliphatic rings. The molecule has 0 radical (unpaired) electrons. The van der Waals surface area contributed by atoms with Crippen molar-refractivity contribution >= 4 is 11.6 Å². The monoisotopic (exact) mass is 226 g/mol. The first kappa shape index (κ1) is 14.4. The van der Waals surface area contributed by atoms with Gasteiger partial charge >= 0.3 is 0 Å². The Hall–Kier alpha value is -1.63. The molecule has 90 valence electrons. The summed E-state index contributed by atoms with van der Waals surface area (Å²) in [5, 5.41) is 7.84. The van der Waals surface area contributed by atoms with E-state index in [4.69, 9.17) is 10.9 Å². The second-order valence-corrected chi connectivity index (χ2v) is 2.92. The van der Waals surface area contributed by atoms with E-state index in [0.29, 0.717) is 0 Å². The van der Waals surface area contributed by atoms with Crippen LogP contribution in [0.2, 0.25) is 0 Å². The zero-order valence-electron chi connectivity index (χ0n) is 9.23. The zero-order chi connectivity index (χ0) is 12.4. The molecule has 0 unspecified atom stereocenters. The summed E-state index contributed by atoms with van der Waals surface area (Å²) in [6, 6.07) is 8.06. The van der Waals surface area contributed by atoms with Gasteiger partial charge in [-0.25, -0.2) is 5.84 Å². The molecule has 0 fully saturated rings. The number of carbonyl (C=O) groups excluding carboxylic acids is 1. The van der Waals surface area contributed by atoms with Crippen molar-refractivity contribution in [3.8, 4) is 0 Å². The molecule has 0 bridgehead atoms. The lowest BCUT2D eigenvalue weighted by molar-refractivity contribution is -0.123. The van der Waals surface area contributed by atoms with Gasteiger partial charge in [0.05, 0.1) is 0 Å². The fourth-order valence-corrected chi connectivity index (χ4v) is 0.927. The Balaban J connectivity index is 0.000000325. The van der Waals surface area contributed by atoms with Crippen LogP contribution in [0.4, 0.5) is 5.69 Å². The number of carbonyl (C=O) groups is 1. The lowest BCUT2D eigenvalue weighted by atomic mass is 10.1. The summed E-state index contributed by atoms with van der Waals surface area (Å²) in [7, 11) is 0. The average molecular weight is 226 g/mol. The van der Waals surface area contributed by atoms with Gasteiger partial charge in [-0.05, 0) is 24.1 Å². The smallest absolute Gasteiger partial charge is 0.259 e. The van der Waals surface area contributed by atoms with Gasteiger partial charge in [-0.15, -0.1) is 0 Å². The van der Waals surface area contributed by atoms with Gasteiger partial charge in [0.1, 0.15) is 6.61 Å². The van der Waals surface area contributed by atoms with E-state index in [1.807, 2.05) is 18.2 Å². The number of rotatable bonds is 3. The normalized spacial score (nSPS) is 8.75. The molecular weight excluding hydrogens is 208 g/mol. The second kappa shape index (κ2) is 8.66. The SMILES string of the molecule is CCc1cccc(NN)c1.NNC(=O)CO. The maximum atomic E-state index is 9.69. The molecule has 1 rings (SSSR count). The van der Waals surface area contributed by atoms with Crippen molar-refractivity contribution in [2.24, 2.45) is 11.7 Å². The number of nitrogen functional groups attached to an aromatic ring is 1. The molecule has 0 heterocycles. The Morgan fingerprint density at radius 2 is 2.12 bits per heavy atom. The van der Waals surface area contributed by atoms with E-state index in [9.17, 15) is 4.79 Å². The molecule has 0 aliphatic carbocycles. The van der Waals surface area contributed by atoms with Gasteiger partial charge in [0.2, 0.25) is 0 Å². The minimum Gasteiger partial charge on any atom is -0.386 e. The highest BCUT2D eigenvalue weighted by molar-refractivity contribution is 5.76. The number of amides is 1. The lowest BCUT2D eigenvalue weighted by Crippen LogP contribution is -2.32. The first-order chi connectivity index (χ1) is 7.67. The van der Waals surface area contributed by atoms with Crippen molar-refractivity contribution in [1.82, 2.24) is 5.43 Å². The number of hydrogen-bond donors (Lipinski definition) is 5. The van der Waals surface area contributed by atoms with Crippen LogP contribution in [0.5, 0.6) is 0 Å². The fraction of sp³-hybridized carbons (Fsp3) is 0.300. The fourth-order valence-electron chi connectivity index (χ4n) is 0.927. The maximum Gasteiger partial charge on any atom is 0.259 e. The highest BCUT2D eigenvalue weighted by atomic mass is 16.3. The van der Waals surface area contributed by atoms with Gasteiger partial charge < -0.3 is 10.5 Å². The minimum atomic E-state index is -0.574. The van der Waals surface area contributed by atoms with E-state index >= 15 is 0 Å². The molecule has 0 aliphatic heterocycles. The number of hydrazine groups is 2. The Morgan fingerprint density at radius 1 is 1.44 bits per heavy atom. The van der Waals surface area contributed by atoms with Gasteiger partial charge in [-0.3, -0.25) is 16.1 Å². The Bertz CT molecular complexity index is 292. The van der Waals surface area contributed by atoms with Crippen molar-refractivity contribution < 1.29 is 9.90 Å². The zero-order valence-corrected chi connectivity index (χ0v) is 9.23. The number of aryl methyl sites for hydroxylation is 1. The second-order valence-electron chi connectivity index (χ2n) is 2.92. The summed E-state index contributed by atoms with van der Waals surface area (Å²) in [6.45, 7) is 1.58. The first-order valence-electron chi connectivity index (χ1n) is 4.83. The third-order valence-electron chi connectivity index (χ3n) is 1.81. The molecule has 1 aromatic carbocycles. The van der Waals surface area contributed by atoms with Crippen molar-refractivity contribution in [3.05, 3.63) is 29.8 Å². The van der Waals surface area contributed by atoms with E-state index in [-0.39, 0.29) is 0 Å². The molecule has 6 heteroatoms. The molecule has 1 aromatic rings. The Morgan fingerprint density at radius 3 is 2.50 bits per heavy atom. The summed E-state index contributed by atoms with van der Waals surface area (Å²) in [5.74, 6) is 9.17. The van der Waals surface area contributed by atoms with E-state index in [1.54, 1.807) is 5.43 Å². The van der Waals surface area contributed by atoms with E-state index in [1.165, 1.54) is 5.56 Å². The average Bonchev–Trinajstić information content (AvgIpc) is 2.38. The molecule has 6 nitrogen and oxygen atoms in total. The number of nitrogens with two attached hydrogens (primary N) is 2. The molecule has 7 N–H and O–H groups in total. The van der Waals surface area contributed by atoms with Crippen LogP contribution in [0.3, 0.4) is 0 Å². The number of anilines is 1. The van der Waals surface area contributed by atoms with Gasteiger partial charge in [-0.1, -0.05) is 19.1 Å². The summed E-state index contributed by atoms with van der Waals surface area (Å²) in [6.07, 6.45) is 1.05. The molecule has 16 heavy (non-hydrogen) atoms. The summed E-state index contributed by atoms with van der Waals surface area (Å²) in [4.78, 5) is 9.69. The first-order valence-corrected chi connectivity index (χ1v) is 4.83. The number of aliphatic hydroxyl groups is 1. The van der Waals surface area contributed by atoms with E-state index in [2.05, 4.69) is 24.3 Å². The predicted octanol–water partition coefficient (Wildman–Crippen LogP) is -0.497. The maximum absolute atomic E-state index is 9.69. The van der Waals surface area contributed by atoms with Crippen LogP contribution in [-0.2, 0) is 11.2 Å². The molecule has 0 spiro atoms. The van der Waals surface area contributed by atoms with E-state index in [0.717, 1.165) is 12.1 Å². The summed E-state index contributed by atoms with van der Waals surface area (Å²) < 4.78 is 0. The van der Waals surface area contributed by atoms with Crippen molar-refractivity contribution in [2.45, 2.75) is 13.3 Å². The number of aliphatic hydroxyl groups excluding tert-OH is 1. The number of hydrogen-bond acceptors (Lipinski definition) is 5. The lowest BCUT2D eigenvalue weighted by Gasteiger charge is -2.00. The number of nitrogens with one attached hydrogen (secondary N) is 2. The molecular formula is C10H18N4O2.